The van der Waals surface area contributed by atoms with Crippen LogP contribution in [0.4, 0.5) is 0 Å². The van der Waals surface area contributed by atoms with Crippen LogP contribution in [0.25, 0.3) is 49.1 Å². The fourth-order valence-electron chi connectivity index (χ4n) is 3.15. The molecule has 0 radical (unpaired) electrons. The van der Waals surface area contributed by atoms with Crippen LogP contribution in [0.15, 0.2) is 71.1 Å². The summed E-state index contributed by atoms with van der Waals surface area (Å²) in [6, 6.07) is 21.9. The molecule has 6 nitrogen and oxygen atoms in total. The van der Waals surface area contributed by atoms with Gasteiger partial charge < -0.3 is 4.42 Å². The number of hydrogen-bond donors (Lipinski definition) is 0. The molecule has 128 valence electrons. The van der Waals surface area contributed by atoms with E-state index in [0.29, 0.717) is 16.5 Å². The Hall–Kier alpha value is -3.58. The van der Waals surface area contributed by atoms with Gasteiger partial charge in [-0.25, -0.2) is 4.98 Å². The number of nitrogens with zero attached hydrogens (tertiary/aromatic N) is 5. The summed E-state index contributed by atoms with van der Waals surface area (Å²) in [7, 11) is 0. The predicted octanol–water partition coefficient (Wildman–Crippen LogP) is 4.81. The Morgan fingerprint density at radius 2 is 1.70 bits per heavy atom. The Bertz CT molecular complexity index is 1410. The van der Waals surface area contributed by atoms with Gasteiger partial charge in [0, 0.05) is 10.8 Å². The molecular weight excluding hydrogens is 358 g/mol. The van der Waals surface area contributed by atoms with Gasteiger partial charge in [-0.3, -0.25) is 0 Å². The maximum atomic E-state index is 5.92. The van der Waals surface area contributed by atoms with Crippen molar-refractivity contribution in [2.45, 2.75) is 0 Å². The first-order chi connectivity index (χ1) is 13.3. The molecular formula is C20H11N5OS. The minimum absolute atomic E-state index is 0.587. The third kappa shape index (κ3) is 2.25. The number of benzene rings is 2. The highest BCUT2D eigenvalue weighted by Crippen LogP contribution is 2.30. The number of hydrogen-bond acceptors (Lipinski definition) is 6. The van der Waals surface area contributed by atoms with Crippen molar-refractivity contribution in [2.75, 3.05) is 0 Å². The second-order valence-electron chi connectivity index (χ2n) is 6.16. The Labute approximate surface area is 156 Å². The monoisotopic (exact) mass is 369 g/mol. The van der Waals surface area contributed by atoms with Gasteiger partial charge in [0.1, 0.15) is 11.3 Å². The molecule has 0 unspecified atom stereocenters. The van der Waals surface area contributed by atoms with Crippen molar-refractivity contribution in [1.82, 2.24) is 24.8 Å². The predicted molar refractivity (Wildman–Crippen MR) is 105 cm³/mol. The minimum Gasteiger partial charge on any atom is -0.453 e. The van der Waals surface area contributed by atoms with Crippen LogP contribution >= 0.6 is 11.3 Å². The number of para-hydroxylation sites is 2. The van der Waals surface area contributed by atoms with E-state index >= 15 is 0 Å². The molecule has 0 saturated heterocycles. The van der Waals surface area contributed by atoms with Gasteiger partial charge in [-0.2, -0.15) is 9.61 Å². The summed E-state index contributed by atoms with van der Waals surface area (Å²) in [5.41, 5.74) is 2.58. The Morgan fingerprint density at radius 1 is 0.852 bits per heavy atom. The van der Waals surface area contributed by atoms with Gasteiger partial charge in [0.2, 0.25) is 10.8 Å². The van der Waals surface area contributed by atoms with E-state index in [1.165, 1.54) is 11.3 Å². The molecule has 4 aromatic heterocycles. The number of aromatic nitrogens is 5. The number of pyridine rings is 1. The molecule has 2 aromatic carbocycles. The molecule has 0 fully saturated rings. The van der Waals surface area contributed by atoms with Crippen LogP contribution in [0.1, 0.15) is 0 Å². The van der Waals surface area contributed by atoms with Gasteiger partial charge in [0.05, 0.1) is 5.52 Å². The fourth-order valence-corrected chi connectivity index (χ4v) is 3.96. The molecule has 4 heterocycles. The summed E-state index contributed by atoms with van der Waals surface area (Å²) in [6.45, 7) is 0. The zero-order valence-corrected chi connectivity index (χ0v) is 14.7. The van der Waals surface area contributed by atoms with Gasteiger partial charge in [-0.05, 0) is 24.3 Å². The van der Waals surface area contributed by atoms with Crippen LogP contribution in [0.2, 0.25) is 0 Å². The van der Waals surface area contributed by atoms with Crippen LogP contribution in [-0.2, 0) is 0 Å². The average molecular weight is 369 g/mol. The molecule has 0 aliphatic rings. The molecule has 0 aliphatic heterocycles. The SMILES string of the molecule is c1ccc2nc(-c3nn4c(-c5cc6ccccc6o5)nnc4s3)ccc2c1. The lowest BCUT2D eigenvalue weighted by atomic mass is 10.2. The van der Waals surface area contributed by atoms with Gasteiger partial charge in [0.15, 0.2) is 10.8 Å². The normalized spacial score (nSPS) is 11.7. The standard InChI is InChI=1S/C20H11N5OS/c1-3-7-14-12(5-1)9-10-15(21-14)19-24-25-18(22-23-20(25)27-19)17-11-13-6-2-4-8-16(13)26-17/h1-11H. The van der Waals surface area contributed by atoms with E-state index < -0.39 is 0 Å². The summed E-state index contributed by atoms with van der Waals surface area (Å²) in [4.78, 5) is 5.42. The van der Waals surface area contributed by atoms with E-state index in [4.69, 9.17) is 9.40 Å². The van der Waals surface area contributed by atoms with E-state index in [1.54, 1.807) is 4.52 Å². The Kier molecular flexibility index (Phi) is 2.95. The van der Waals surface area contributed by atoms with Crippen LogP contribution in [0.3, 0.4) is 0 Å². The average Bonchev–Trinajstić information content (AvgIpc) is 3.40. The molecule has 6 aromatic rings. The minimum atomic E-state index is 0.587. The highest BCUT2D eigenvalue weighted by molar-refractivity contribution is 7.19. The zero-order valence-electron chi connectivity index (χ0n) is 13.9. The smallest absolute Gasteiger partial charge is 0.235 e. The van der Waals surface area contributed by atoms with E-state index in [9.17, 15) is 0 Å². The van der Waals surface area contributed by atoms with Crippen LogP contribution in [0, 0.1) is 0 Å². The molecule has 0 aliphatic carbocycles. The summed E-state index contributed by atoms with van der Waals surface area (Å²) >= 11 is 1.46. The molecule has 6 rings (SSSR count). The molecule has 0 bridgehead atoms. The van der Waals surface area contributed by atoms with E-state index in [-0.39, 0.29) is 0 Å². The van der Waals surface area contributed by atoms with E-state index in [2.05, 4.69) is 21.4 Å². The molecule has 0 N–H and O–H groups in total. The third-order valence-corrected chi connectivity index (χ3v) is 5.38. The van der Waals surface area contributed by atoms with Gasteiger partial charge in [-0.1, -0.05) is 53.8 Å². The summed E-state index contributed by atoms with van der Waals surface area (Å²) in [5, 5.41) is 16.1. The lowest BCUT2D eigenvalue weighted by Gasteiger charge is -1.99. The van der Waals surface area contributed by atoms with Crippen molar-refractivity contribution >= 4 is 38.2 Å². The van der Waals surface area contributed by atoms with Gasteiger partial charge in [-0.15, -0.1) is 10.2 Å². The first kappa shape index (κ1) is 14.6. The molecule has 27 heavy (non-hydrogen) atoms. The largest absolute Gasteiger partial charge is 0.453 e. The van der Waals surface area contributed by atoms with Crippen LogP contribution in [0.5, 0.6) is 0 Å². The van der Waals surface area contributed by atoms with Crippen molar-refractivity contribution in [1.29, 1.82) is 0 Å². The van der Waals surface area contributed by atoms with Crippen molar-refractivity contribution in [3.63, 3.8) is 0 Å². The first-order valence-electron chi connectivity index (χ1n) is 8.42. The lowest BCUT2D eigenvalue weighted by molar-refractivity contribution is 0.622. The number of rotatable bonds is 2. The molecule has 0 spiro atoms. The maximum Gasteiger partial charge on any atom is 0.235 e. The molecule has 0 amide bonds. The van der Waals surface area contributed by atoms with Crippen LogP contribution < -0.4 is 0 Å². The first-order valence-corrected chi connectivity index (χ1v) is 9.24. The van der Waals surface area contributed by atoms with Crippen molar-refractivity contribution in [2.24, 2.45) is 0 Å². The molecule has 7 heteroatoms. The van der Waals surface area contributed by atoms with Gasteiger partial charge in [0.25, 0.3) is 0 Å². The van der Waals surface area contributed by atoms with Crippen molar-refractivity contribution in [3.05, 3.63) is 66.7 Å². The van der Waals surface area contributed by atoms with Crippen LogP contribution in [-0.4, -0.2) is 24.8 Å². The fraction of sp³-hybridized carbons (Fsp3) is 0. The number of furan rings is 1. The maximum absolute atomic E-state index is 5.92. The molecule has 0 saturated carbocycles. The van der Waals surface area contributed by atoms with Crippen molar-refractivity contribution < 1.29 is 4.42 Å². The molecule has 0 atom stereocenters. The highest BCUT2D eigenvalue weighted by Gasteiger charge is 2.18. The highest BCUT2D eigenvalue weighted by atomic mass is 32.1. The zero-order chi connectivity index (χ0) is 17.8. The Balaban J connectivity index is 1.50. The van der Waals surface area contributed by atoms with E-state index in [0.717, 1.165) is 32.6 Å². The quantitative estimate of drug-likeness (QED) is 0.438. The summed E-state index contributed by atoms with van der Waals surface area (Å²) < 4.78 is 7.64. The Morgan fingerprint density at radius 3 is 2.63 bits per heavy atom. The second-order valence-corrected chi connectivity index (χ2v) is 7.12. The third-order valence-electron chi connectivity index (χ3n) is 4.45. The second kappa shape index (κ2) is 5.46. The number of fused-ring (bicyclic) bond motifs is 3. The topological polar surface area (TPSA) is 69.1 Å². The van der Waals surface area contributed by atoms with E-state index in [1.807, 2.05) is 60.7 Å². The summed E-state index contributed by atoms with van der Waals surface area (Å²) in [5.74, 6) is 1.23. The lowest BCUT2D eigenvalue weighted by Crippen LogP contribution is -1.91. The summed E-state index contributed by atoms with van der Waals surface area (Å²) in [6.07, 6.45) is 0. The van der Waals surface area contributed by atoms with Crippen molar-refractivity contribution in [3.8, 4) is 22.3 Å². The van der Waals surface area contributed by atoms with Gasteiger partial charge >= 0.3 is 0 Å².